The van der Waals surface area contributed by atoms with Gasteiger partial charge < -0.3 is 14.4 Å². The van der Waals surface area contributed by atoms with Gasteiger partial charge in [0.2, 0.25) is 0 Å². The second kappa shape index (κ2) is 11.1. The van der Waals surface area contributed by atoms with Crippen LogP contribution in [0.15, 0.2) is 42.5 Å². The lowest BCUT2D eigenvalue weighted by Crippen LogP contribution is -2.47. The molecule has 2 aromatic carbocycles. The third-order valence-electron chi connectivity index (χ3n) is 5.49. The predicted molar refractivity (Wildman–Crippen MR) is 116 cm³/mol. The molecule has 2 aromatic rings. The van der Waals surface area contributed by atoms with Crippen LogP contribution >= 0.6 is 0 Å². The Labute approximate surface area is 178 Å². The largest absolute Gasteiger partial charge is 0.493 e. The number of halogens is 1. The van der Waals surface area contributed by atoms with Crippen molar-refractivity contribution in [3.8, 4) is 11.5 Å². The van der Waals surface area contributed by atoms with Gasteiger partial charge in [0.25, 0.3) is 0 Å². The fourth-order valence-electron chi connectivity index (χ4n) is 3.66. The Morgan fingerprint density at radius 3 is 2.30 bits per heavy atom. The molecule has 162 valence electrons. The highest BCUT2D eigenvalue weighted by Gasteiger charge is 2.17. The first kappa shape index (κ1) is 22.2. The van der Waals surface area contributed by atoms with Crippen molar-refractivity contribution in [2.24, 2.45) is 0 Å². The van der Waals surface area contributed by atoms with Gasteiger partial charge in [-0.25, -0.2) is 4.39 Å². The Kier molecular flexibility index (Phi) is 8.22. The number of rotatable bonds is 10. The minimum atomic E-state index is -0.312. The van der Waals surface area contributed by atoms with E-state index in [0.717, 1.165) is 62.8 Å². The van der Waals surface area contributed by atoms with Crippen LogP contribution in [0.3, 0.4) is 0 Å². The van der Waals surface area contributed by atoms with Crippen molar-refractivity contribution >= 4 is 5.78 Å². The number of carbonyl (C=O) groups is 1. The van der Waals surface area contributed by atoms with Gasteiger partial charge in [0.05, 0.1) is 7.11 Å². The Morgan fingerprint density at radius 2 is 1.63 bits per heavy atom. The van der Waals surface area contributed by atoms with E-state index in [2.05, 4.69) is 9.80 Å². The SMILES string of the molecule is COc1cc(C)ccc1OCCN1CCN(CCCC(=O)c2ccc(F)cc2)CC1. The van der Waals surface area contributed by atoms with Crippen molar-refractivity contribution in [3.63, 3.8) is 0 Å². The maximum absolute atomic E-state index is 13.0. The zero-order valence-electron chi connectivity index (χ0n) is 17.9. The molecule has 0 aliphatic carbocycles. The van der Waals surface area contributed by atoms with Gasteiger partial charge in [0.15, 0.2) is 17.3 Å². The zero-order valence-corrected chi connectivity index (χ0v) is 17.9. The van der Waals surface area contributed by atoms with Crippen molar-refractivity contribution in [1.29, 1.82) is 0 Å². The Bertz CT molecular complexity index is 818. The molecule has 1 aliphatic heterocycles. The first-order valence-electron chi connectivity index (χ1n) is 10.6. The number of nitrogens with zero attached hydrogens (tertiary/aromatic N) is 2. The van der Waals surface area contributed by atoms with Crippen molar-refractivity contribution in [2.45, 2.75) is 19.8 Å². The summed E-state index contributed by atoms with van der Waals surface area (Å²) in [5.74, 6) is 1.33. The maximum Gasteiger partial charge on any atom is 0.162 e. The molecule has 0 aromatic heterocycles. The maximum atomic E-state index is 13.0. The third-order valence-corrected chi connectivity index (χ3v) is 5.49. The lowest BCUT2D eigenvalue weighted by Gasteiger charge is -2.34. The minimum Gasteiger partial charge on any atom is -0.493 e. The molecule has 1 heterocycles. The standard InChI is InChI=1S/C24H31FN2O3/c1-19-5-10-23(24(18-19)29-2)30-17-16-27-14-12-26(13-15-27)11-3-4-22(28)20-6-8-21(25)9-7-20/h5-10,18H,3-4,11-17H2,1-2H3. The molecule has 0 bridgehead atoms. The van der Waals surface area contributed by atoms with E-state index in [4.69, 9.17) is 9.47 Å². The molecule has 0 N–H and O–H groups in total. The lowest BCUT2D eigenvalue weighted by molar-refractivity contribution is 0.0953. The summed E-state index contributed by atoms with van der Waals surface area (Å²) in [4.78, 5) is 17.0. The van der Waals surface area contributed by atoms with E-state index < -0.39 is 0 Å². The van der Waals surface area contributed by atoms with Crippen LogP contribution in [0.5, 0.6) is 11.5 Å². The van der Waals surface area contributed by atoms with Crippen molar-refractivity contribution < 1.29 is 18.7 Å². The van der Waals surface area contributed by atoms with Gasteiger partial charge in [0, 0.05) is 44.7 Å². The van der Waals surface area contributed by atoms with E-state index in [1.54, 1.807) is 19.2 Å². The minimum absolute atomic E-state index is 0.0809. The molecule has 1 aliphatic rings. The zero-order chi connectivity index (χ0) is 21.3. The summed E-state index contributed by atoms with van der Waals surface area (Å²) in [6, 6.07) is 11.8. The highest BCUT2D eigenvalue weighted by molar-refractivity contribution is 5.95. The normalized spacial score (nSPS) is 15.2. The number of hydrogen-bond acceptors (Lipinski definition) is 5. The second-order valence-electron chi connectivity index (χ2n) is 7.72. The van der Waals surface area contributed by atoms with Gasteiger partial charge in [-0.2, -0.15) is 0 Å². The molecule has 3 rings (SSSR count). The van der Waals surface area contributed by atoms with Crippen LogP contribution in [0, 0.1) is 12.7 Å². The number of Topliss-reactive ketones (excluding diaryl/α,β-unsaturated/α-hetero) is 1. The quantitative estimate of drug-likeness (QED) is 0.553. The number of ketones is 1. The number of ether oxygens (including phenoxy) is 2. The monoisotopic (exact) mass is 414 g/mol. The molecule has 0 radical (unpaired) electrons. The highest BCUT2D eigenvalue weighted by atomic mass is 19.1. The number of methoxy groups -OCH3 is 1. The predicted octanol–water partition coefficient (Wildman–Crippen LogP) is 3.80. The molecular weight excluding hydrogens is 383 g/mol. The van der Waals surface area contributed by atoms with Crippen LogP contribution in [0.25, 0.3) is 0 Å². The highest BCUT2D eigenvalue weighted by Crippen LogP contribution is 2.27. The van der Waals surface area contributed by atoms with Crippen LogP contribution in [0.2, 0.25) is 0 Å². The molecule has 0 atom stereocenters. The van der Waals surface area contributed by atoms with Crippen LogP contribution in [-0.4, -0.2) is 68.6 Å². The number of hydrogen-bond donors (Lipinski definition) is 0. The van der Waals surface area contributed by atoms with E-state index in [1.807, 2.05) is 25.1 Å². The molecule has 0 saturated carbocycles. The summed E-state index contributed by atoms with van der Waals surface area (Å²) >= 11 is 0. The van der Waals surface area contributed by atoms with Crippen LogP contribution < -0.4 is 9.47 Å². The number of carbonyl (C=O) groups excluding carboxylic acids is 1. The van der Waals surface area contributed by atoms with Gasteiger partial charge in [0.1, 0.15) is 12.4 Å². The van der Waals surface area contributed by atoms with Crippen molar-refractivity contribution in [3.05, 3.63) is 59.4 Å². The van der Waals surface area contributed by atoms with E-state index in [0.29, 0.717) is 18.6 Å². The van der Waals surface area contributed by atoms with Crippen LogP contribution in [-0.2, 0) is 0 Å². The molecular formula is C24H31FN2O3. The van der Waals surface area contributed by atoms with Gasteiger partial charge >= 0.3 is 0 Å². The first-order chi connectivity index (χ1) is 14.5. The molecule has 0 spiro atoms. The van der Waals surface area contributed by atoms with Crippen molar-refractivity contribution in [2.75, 3.05) is 53.0 Å². The topological polar surface area (TPSA) is 42.0 Å². The fraction of sp³-hybridized carbons (Fsp3) is 0.458. The van der Waals surface area contributed by atoms with E-state index in [-0.39, 0.29) is 11.6 Å². The van der Waals surface area contributed by atoms with Gasteiger partial charge in [-0.3, -0.25) is 9.69 Å². The lowest BCUT2D eigenvalue weighted by atomic mass is 10.1. The van der Waals surface area contributed by atoms with Crippen molar-refractivity contribution in [1.82, 2.24) is 9.80 Å². The summed E-state index contributed by atoms with van der Waals surface area (Å²) in [6.45, 7) is 8.46. The molecule has 1 fully saturated rings. The summed E-state index contributed by atoms with van der Waals surface area (Å²) in [6.07, 6.45) is 1.32. The van der Waals surface area contributed by atoms with E-state index >= 15 is 0 Å². The van der Waals surface area contributed by atoms with E-state index in [9.17, 15) is 9.18 Å². The average molecular weight is 415 g/mol. The van der Waals surface area contributed by atoms with Crippen LogP contribution in [0.4, 0.5) is 4.39 Å². The van der Waals surface area contributed by atoms with Gasteiger partial charge in [-0.05, 0) is 61.9 Å². The molecule has 5 nitrogen and oxygen atoms in total. The summed E-state index contributed by atoms with van der Waals surface area (Å²) in [7, 11) is 1.66. The Hall–Kier alpha value is -2.44. The molecule has 0 amide bonds. The Morgan fingerprint density at radius 1 is 0.967 bits per heavy atom. The van der Waals surface area contributed by atoms with Gasteiger partial charge in [-0.1, -0.05) is 6.07 Å². The number of piperazine rings is 1. The fourth-order valence-corrected chi connectivity index (χ4v) is 3.66. The van der Waals surface area contributed by atoms with Gasteiger partial charge in [-0.15, -0.1) is 0 Å². The first-order valence-corrected chi connectivity index (χ1v) is 10.6. The smallest absolute Gasteiger partial charge is 0.162 e. The molecule has 0 unspecified atom stereocenters. The molecule has 1 saturated heterocycles. The summed E-state index contributed by atoms with van der Waals surface area (Å²) < 4.78 is 24.3. The third kappa shape index (κ3) is 6.54. The summed E-state index contributed by atoms with van der Waals surface area (Å²) in [5.41, 5.74) is 1.74. The second-order valence-corrected chi connectivity index (χ2v) is 7.72. The molecule has 6 heteroatoms. The number of benzene rings is 2. The van der Waals surface area contributed by atoms with Crippen LogP contribution in [0.1, 0.15) is 28.8 Å². The Balaban J connectivity index is 1.31. The summed E-state index contributed by atoms with van der Waals surface area (Å²) in [5, 5.41) is 0. The van der Waals surface area contributed by atoms with E-state index in [1.165, 1.54) is 12.1 Å². The number of aryl methyl sites for hydroxylation is 1. The molecule has 30 heavy (non-hydrogen) atoms. The average Bonchev–Trinajstić information content (AvgIpc) is 2.76.